The van der Waals surface area contributed by atoms with Gasteiger partial charge in [-0.25, -0.2) is 4.98 Å². The Labute approximate surface area is 119 Å². The van der Waals surface area contributed by atoms with Gasteiger partial charge in [-0.3, -0.25) is 0 Å². The Hall–Kier alpha value is -2.35. The maximum Gasteiger partial charge on any atom is 0.126 e. The molecule has 20 heavy (non-hydrogen) atoms. The lowest BCUT2D eigenvalue weighted by atomic mass is 10.0. The van der Waals surface area contributed by atoms with Crippen LogP contribution in [-0.4, -0.2) is 11.5 Å². The Morgan fingerprint density at radius 1 is 0.900 bits per heavy atom. The van der Waals surface area contributed by atoms with Crippen LogP contribution in [0.15, 0.2) is 60.7 Å². The maximum atomic E-state index is 4.78. The topological polar surface area (TPSA) is 24.9 Å². The molecule has 0 saturated heterocycles. The van der Waals surface area contributed by atoms with Gasteiger partial charge in [-0.15, -0.1) is 0 Å². The highest BCUT2D eigenvalue weighted by Gasteiger charge is 2.05. The SMILES string of the molecule is CCCNc1ccc2cccc(-c3ccccc3)c2n1. The monoisotopic (exact) mass is 262 g/mol. The number of nitrogens with one attached hydrogen (secondary N) is 1. The molecule has 0 aliphatic heterocycles. The van der Waals surface area contributed by atoms with Gasteiger partial charge >= 0.3 is 0 Å². The van der Waals surface area contributed by atoms with E-state index in [1.165, 1.54) is 16.5 Å². The third kappa shape index (κ3) is 2.50. The lowest BCUT2D eigenvalue weighted by molar-refractivity contribution is 0.972. The van der Waals surface area contributed by atoms with Gasteiger partial charge in [-0.1, -0.05) is 55.5 Å². The molecule has 3 aromatic rings. The van der Waals surface area contributed by atoms with Crippen molar-refractivity contribution >= 4 is 16.7 Å². The lowest BCUT2D eigenvalue weighted by Crippen LogP contribution is -2.01. The van der Waals surface area contributed by atoms with E-state index < -0.39 is 0 Å². The zero-order valence-electron chi connectivity index (χ0n) is 11.6. The molecule has 0 saturated carbocycles. The zero-order chi connectivity index (χ0) is 13.8. The molecule has 3 rings (SSSR count). The number of hydrogen-bond donors (Lipinski definition) is 1. The fourth-order valence-corrected chi connectivity index (χ4v) is 2.35. The summed E-state index contributed by atoms with van der Waals surface area (Å²) >= 11 is 0. The highest BCUT2D eigenvalue weighted by molar-refractivity contribution is 5.94. The van der Waals surface area contributed by atoms with Crippen molar-refractivity contribution in [2.24, 2.45) is 0 Å². The molecule has 0 aliphatic rings. The summed E-state index contributed by atoms with van der Waals surface area (Å²) in [6.45, 7) is 3.11. The van der Waals surface area contributed by atoms with Gasteiger partial charge in [-0.2, -0.15) is 0 Å². The smallest absolute Gasteiger partial charge is 0.126 e. The third-order valence-electron chi connectivity index (χ3n) is 3.36. The molecular weight excluding hydrogens is 244 g/mol. The molecule has 0 fully saturated rings. The van der Waals surface area contributed by atoms with Crippen LogP contribution >= 0.6 is 0 Å². The fourth-order valence-electron chi connectivity index (χ4n) is 2.35. The number of aromatic nitrogens is 1. The van der Waals surface area contributed by atoms with E-state index in [1.54, 1.807) is 0 Å². The van der Waals surface area contributed by atoms with E-state index in [9.17, 15) is 0 Å². The largest absolute Gasteiger partial charge is 0.370 e. The highest BCUT2D eigenvalue weighted by atomic mass is 15.0. The van der Waals surface area contributed by atoms with Crippen molar-refractivity contribution in [2.75, 3.05) is 11.9 Å². The number of anilines is 1. The quantitative estimate of drug-likeness (QED) is 0.735. The molecule has 2 aromatic carbocycles. The van der Waals surface area contributed by atoms with Crippen molar-refractivity contribution in [3.05, 3.63) is 60.7 Å². The fraction of sp³-hybridized carbons (Fsp3) is 0.167. The van der Waals surface area contributed by atoms with Crippen molar-refractivity contribution in [1.29, 1.82) is 0 Å². The molecule has 1 heterocycles. The average Bonchev–Trinajstić information content (AvgIpc) is 2.53. The minimum Gasteiger partial charge on any atom is -0.370 e. The van der Waals surface area contributed by atoms with Gasteiger partial charge in [0.15, 0.2) is 0 Å². The van der Waals surface area contributed by atoms with Crippen LogP contribution in [0.4, 0.5) is 5.82 Å². The van der Waals surface area contributed by atoms with Gasteiger partial charge in [0.2, 0.25) is 0 Å². The van der Waals surface area contributed by atoms with Gasteiger partial charge in [-0.05, 0) is 24.1 Å². The van der Waals surface area contributed by atoms with Gasteiger partial charge in [0.05, 0.1) is 5.52 Å². The molecule has 2 nitrogen and oxygen atoms in total. The van der Waals surface area contributed by atoms with Crippen LogP contribution < -0.4 is 5.32 Å². The predicted octanol–water partition coefficient (Wildman–Crippen LogP) is 4.72. The second-order valence-electron chi connectivity index (χ2n) is 4.87. The second-order valence-corrected chi connectivity index (χ2v) is 4.87. The molecule has 0 bridgehead atoms. The number of pyridine rings is 1. The summed E-state index contributed by atoms with van der Waals surface area (Å²) in [5.74, 6) is 0.947. The lowest BCUT2D eigenvalue weighted by Gasteiger charge is -2.09. The summed E-state index contributed by atoms with van der Waals surface area (Å²) in [6, 6.07) is 20.9. The van der Waals surface area contributed by atoms with Crippen LogP contribution in [0.2, 0.25) is 0 Å². The van der Waals surface area contributed by atoms with Crippen molar-refractivity contribution in [3.63, 3.8) is 0 Å². The number of fused-ring (bicyclic) bond motifs is 1. The van der Waals surface area contributed by atoms with Crippen molar-refractivity contribution < 1.29 is 0 Å². The van der Waals surface area contributed by atoms with Crippen LogP contribution in [0.25, 0.3) is 22.0 Å². The Morgan fingerprint density at radius 3 is 2.55 bits per heavy atom. The van der Waals surface area contributed by atoms with E-state index >= 15 is 0 Å². The number of para-hydroxylation sites is 1. The first kappa shape index (κ1) is 12.7. The van der Waals surface area contributed by atoms with E-state index in [2.05, 4.69) is 60.8 Å². The molecule has 0 atom stereocenters. The molecule has 1 N–H and O–H groups in total. The van der Waals surface area contributed by atoms with Crippen LogP contribution in [0.3, 0.4) is 0 Å². The molecule has 1 aromatic heterocycles. The van der Waals surface area contributed by atoms with Gasteiger partial charge in [0.1, 0.15) is 5.82 Å². The molecule has 0 aliphatic carbocycles. The number of hydrogen-bond acceptors (Lipinski definition) is 2. The summed E-state index contributed by atoms with van der Waals surface area (Å²) < 4.78 is 0. The summed E-state index contributed by atoms with van der Waals surface area (Å²) in [4.78, 5) is 4.78. The average molecular weight is 262 g/mol. The van der Waals surface area contributed by atoms with Gasteiger partial charge < -0.3 is 5.32 Å². The first-order chi connectivity index (χ1) is 9.88. The molecule has 0 spiro atoms. The van der Waals surface area contributed by atoms with Gasteiger partial charge in [0.25, 0.3) is 0 Å². The molecule has 0 unspecified atom stereocenters. The van der Waals surface area contributed by atoms with Crippen molar-refractivity contribution in [2.45, 2.75) is 13.3 Å². The molecule has 2 heteroatoms. The minimum absolute atomic E-state index is 0.947. The molecular formula is C18H18N2. The van der Waals surface area contributed by atoms with E-state index in [-0.39, 0.29) is 0 Å². The number of nitrogens with zero attached hydrogens (tertiary/aromatic N) is 1. The Bertz CT molecular complexity index is 705. The van der Waals surface area contributed by atoms with Crippen LogP contribution in [0.1, 0.15) is 13.3 Å². The standard InChI is InChI=1S/C18H18N2/c1-2-13-19-17-12-11-15-9-6-10-16(18(15)20-17)14-7-4-3-5-8-14/h3-12H,2,13H2,1H3,(H,19,20). The Morgan fingerprint density at radius 2 is 1.75 bits per heavy atom. The second kappa shape index (κ2) is 5.74. The van der Waals surface area contributed by atoms with E-state index in [4.69, 9.17) is 4.98 Å². The highest BCUT2D eigenvalue weighted by Crippen LogP contribution is 2.28. The van der Waals surface area contributed by atoms with Crippen LogP contribution in [-0.2, 0) is 0 Å². The summed E-state index contributed by atoms with van der Waals surface area (Å²) in [5, 5.41) is 4.53. The van der Waals surface area contributed by atoms with Crippen molar-refractivity contribution in [3.8, 4) is 11.1 Å². The van der Waals surface area contributed by atoms with Crippen LogP contribution in [0.5, 0.6) is 0 Å². The molecule has 100 valence electrons. The van der Waals surface area contributed by atoms with E-state index in [0.29, 0.717) is 0 Å². The number of benzene rings is 2. The molecule has 0 amide bonds. The Kier molecular flexibility index (Phi) is 3.64. The predicted molar refractivity (Wildman–Crippen MR) is 86.0 cm³/mol. The summed E-state index contributed by atoms with van der Waals surface area (Å²) in [6.07, 6.45) is 1.10. The molecule has 0 radical (unpaired) electrons. The normalized spacial score (nSPS) is 10.7. The summed E-state index contributed by atoms with van der Waals surface area (Å²) in [7, 11) is 0. The van der Waals surface area contributed by atoms with E-state index in [1.807, 2.05) is 12.1 Å². The Balaban J connectivity index is 2.12. The minimum atomic E-state index is 0.947. The van der Waals surface area contributed by atoms with Gasteiger partial charge in [0, 0.05) is 17.5 Å². The first-order valence-electron chi connectivity index (χ1n) is 7.07. The third-order valence-corrected chi connectivity index (χ3v) is 3.36. The van der Waals surface area contributed by atoms with Crippen molar-refractivity contribution in [1.82, 2.24) is 4.98 Å². The number of rotatable bonds is 4. The van der Waals surface area contributed by atoms with Crippen LogP contribution in [0, 0.1) is 0 Å². The van der Waals surface area contributed by atoms with E-state index in [0.717, 1.165) is 24.3 Å². The maximum absolute atomic E-state index is 4.78. The first-order valence-corrected chi connectivity index (χ1v) is 7.07. The summed E-state index contributed by atoms with van der Waals surface area (Å²) in [5.41, 5.74) is 3.45. The zero-order valence-corrected chi connectivity index (χ0v) is 11.6.